The van der Waals surface area contributed by atoms with E-state index in [0.717, 1.165) is 12.8 Å². The Morgan fingerprint density at radius 2 is 1.78 bits per heavy atom. The van der Waals surface area contributed by atoms with Crippen molar-refractivity contribution in [3.8, 4) is 0 Å². The Morgan fingerprint density at radius 3 is 2.52 bits per heavy atom. The van der Waals surface area contributed by atoms with Gasteiger partial charge in [-0.2, -0.15) is 0 Å². The number of nitrogens with zero attached hydrogens (tertiary/aromatic N) is 1. The molecule has 154 valence electrons. The lowest BCUT2D eigenvalue weighted by Crippen LogP contribution is -2.71. The maximum absolute atomic E-state index is 11.9. The highest BCUT2D eigenvalue weighted by Crippen LogP contribution is 2.60. The molecular weight excluding hydrogens is 370 g/mol. The third-order valence-corrected chi connectivity index (χ3v) is 9.42. The fraction of sp³-hybridized carbons (Fsp3) is 1.00. The molecule has 0 N–H and O–H groups in total. The first kappa shape index (κ1) is 18.8. The van der Waals surface area contributed by atoms with Crippen LogP contribution in [0.2, 0.25) is 0 Å². The molecule has 2 bridgehead atoms. The third kappa shape index (κ3) is 2.74. The van der Waals surface area contributed by atoms with Gasteiger partial charge in [-0.05, 0) is 32.1 Å². The quantitative estimate of drug-likeness (QED) is 0.618. The Kier molecular flexibility index (Phi) is 4.25. The fourth-order valence-corrected chi connectivity index (χ4v) is 7.50. The lowest BCUT2D eigenvalue weighted by Gasteiger charge is -2.61. The van der Waals surface area contributed by atoms with Crippen LogP contribution in [-0.2, 0) is 29.1 Å². The number of ether oxygens (including phenoxy) is 2. The summed E-state index contributed by atoms with van der Waals surface area (Å²) in [5, 5.41) is 0. The van der Waals surface area contributed by atoms with Crippen molar-refractivity contribution in [1.29, 1.82) is 0 Å². The van der Waals surface area contributed by atoms with Gasteiger partial charge >= 0.3 is 0 Å². The predicted molar refractivity (Wildman–Crippen MR) is 97.3 cm³/mol. The first-order chi connectivity index (χ1) is 12.7. The molecule has 1 saturated carbocycles. The van der Waals surface area contributed by atoms with Gasteiger partial charge in [-0.15, -0.1) is 0 Å². The van der Waals surface area contributed by atoms with Gasteiger partial charge in [0.05, 0.1) is 18.1 Å². The maximum Gasteiger partial charge on any atom is 0.192 e. The highest BCUT2D eigenvalue weighted by molar-refractivity contribution is 7.91. The predicted octanol–water partition coefficient (Wildman–Crippen LogP) is 1.58. The Morgan fingerprint density at radius 1 is 1.04 bits per heavy atom. The smallest absolute Gasteiger partial charge is 0.192 e. The average Bonchev–Trinajstić information content (AvgIpc) is 2.84. The van der Waals surface area contributed by atoms with Gasteiger partial charge in [0, 0.05) is 30.8 Å². The van der Waals surface area contributed by atoms with Gasteiger partial charge in [0.1, 0.15) is 11.8 Å². The SMILES string of the molecule is C[C@H]1[C@H](N2CCS(=O)(=O)CC2)O[C@@H]2OC[C@@]3(C)C[C@H]4[C@H](C)CC[C@@H]1[C@@]24OO3. The molecule has 0 unspecified atom stereocenters. The van der Waals surface area contributed by atoms with Crippen LogP contribution < -0.4 is 0 Å². The molecule has 7 nitrogen and oxygen atoms in total. The molecule has 6 rings (SSSR count). The molecule has 5 heterocycles. The second kappa shape index (κ2) is 6.12. The van der Waals surface area contributed by atoms with E-state index in [1.54, 1.807) is 0 Å². The van der Waals surface area contributed by atoms with Crippen molar-refractivity contribution in [2.24, 2.45) is 23.7 Å². The molecule has 8 heteroatoms. The zero-order valence-corrected chi connectivity index (χ0v) is 17.2. The monoisotopic (exact) mass is 401 g/mol. The second-order valence-electron chi connectivity index (χ2n) is 9.66. The van der Waals surface area contributed by atoms with Crippen LogP contribution in [0.4, 0.5) is 0 Å². The Balaban J connectivity index is 1.48. The minimum Gasteiger partial charge on any atom is -0.346 e. The average molecular weight is 402 g/mol. The molecule has 27 heavy (non-hydrogen) atoms. The molecule has 1 aliphatic carbocycles. The van der Waals surface area contributed by atoms with Crippen LogP contribution in [0.3, 0.4) is 0 Å². The maximum atomic E-state index is 11.9. The van der Waals surface area contributed by atoms with E-state index in [1.165, 1.54) is 6.42 Å². The van der Waals surface area contributed by atoms with Gasteiger partial charge in [0.25, 0.3) is 0 Å². The molecule has 1 spiro atoms. The third-order valence-electron chi connectivity index (χ3n) is 7.81. The summed E-state index contributed by atoms with van der Waals surface area (Å²) in [6.45, 7) is 8.11. The van der Waals surface area contributed by atoms with Crippen molar-refractivity contribution >= 4 is 9.84 Å². The molecule has 0 aromatic rings. The first-order valence-electron chi connectivity index (χ1n) is 10.3. The van der Waals surface area contributed by atoms with Crippen LogP contribution in [0.5, 0.6) is 0 Å². The Labute approximate surface area is 161 Å². The summed E-state index contributed by atoms with van der Waals surface area (Å²) < 4.78 is 36.5. The molecule has 5 aliphatic heterocycles. The lowest BCUT2D eigenvalue weighted by molar-refractivity contribution is -0.491. The van der Waals surface area contributed by atoms with E-state index in [4.69, 9.17) is 19.2 Å². The van der Waals surface area contributed by atoms with Crippen molar-refractivity contribution in [1.82, 2.24) is 4.90 Å². The zero-order valence-electron chi connectivity index (χ0n) is 16.4. The molecule has 6 fully saturated rings. The Bertz CT molecular complexity index is 701. The summed E-state index contributed by atoms with van der Waals surface area (Å²) in [6, 6.07) is 0. The topological polar surface area (TPSA) is 74.3 Å². The van der Waals surface area contributed by atoms with E-state index in [2.05, 4.69) is 25.7 Å². The number of fused-ring (bicyclic) bond motifs is 2. The first-order valence-corrected chi connectivity index (χ1v) is 12.1. The number of sulfone groups is 1. The van der Waals surface area contributed by atoms with E-state index >= 15 is 0 Å². The summed E-state index contributed by atoms with van der Waals surface area (Å²) >= 11 is 0. The minimum absolute atomic E-state index is 0.135. The molecule has 8 atom stereocenters. The van der Waals surface area contributed by atoms with Crippen LogP contribution in [0.1, 0.15) is 40.0 Å². The van der Waals surface area contributed by atoms with Gasteiger partial charge in [-0.1, -0.05) is 13.8 Å². The summed E-state index contributed by atoms with van der Waals surface area (Å²) in [4.78, 5) is 14.3. The van der Waals surface area contributed by atoms with Crippen molar-refractivity contribution in [2.45, 2.75) is 63.8 Å². The molecule has 0 aromatic carbocycles. The molecule has 0 radical (unpaired) electrons. The van der Waals surface area contributed by atoms with Gasteiger partial charge in [0.15, 0.2) is 21.7 Å². The van der Waals surface area contributed by atoms with Gasteiger partial charge in [0.2, 0.25) is 0 Å². The molecule has 0 aromatic heterocycles. The molecule has 6 aliphatic rings. The molecule has 0 amide bonds. The molecular formula is C19H31NO6S. The van der Waals surface area contributed by atoms with Gasteiger partial charge in [-0.25, -0.2) is 18.2 Å². The van der Waals surface area contributed by atoms with Gasteiger partial charge in [-0.3, -0.25) is 4.90 Å². The summed E-state index contributed by atoms with van der Waals surface area (Å²) in [5.74, 6) is 1.82. The minimum atomic E-state index is -2.92. The number of hydrogen-bond acceptors (Lipinski definition) is 7. The second-order valence-corrected chi connectivity index (χ2v) is 12.0. The van der Waals surface area contributed by atoms with E-state index in [0.29, 0.717) is 31.5 Å². The standard InChI is InChI=1S/C19H31NO6S/c1-12-4-5-14-13(2)16(20-6-8-27(21,22)9-7-20)24-17-19(14)15(12)10-18(3,11-23-17)25-26-19/h12-17H,4-11H2,1-3H3/t12-,13-,14+,15+,16-,17+,18-,19+/m1/s1. The highest BCUT2D eigenvalue weighted by Gasteiger charge is 2.69. The normalized spacial score (nSPS) is 54.9. The van der Waals surface area contributed by atoms with Crippen molar-refractivity contribution in [2.75, 3.05) is 31.2 Å². The van der Waals surface area contributed by atoms with E-state index in [9.17, 15) is 8.42 Å². The van der Waals surface area contributed by atoms with Crippen LogP contribution >= 0.6 is 0 Å². The summed E-state index contributed by atoms with van der Waals surface area (Å²) in [5.41, 5.74) is -0.976. The van der Waals surface area contributed by atoms with Crippen molar-refractivity contribution < 1.29 is 27.7 Å². The van der Waals surface area contributed by atoms with Crippen LogP contribution in [0.15, 0.2) is 0 Å². The van der Waals surface area contributed by atoms with Crippen molar-refractivity contribution in [3.05, 3.63) is 0 Å². The van der Waals surface area contributed by atoms with Crippen LogP contribution in [0.25, 0.3) is 0 Å². The van der Waals surface area contributed by atoms with Crippen molar-refractivity contribution in [3.63, 3.8) is 0 Å². The fourth-order valence-electron chi connectivity index (χ4n) is 6.27. The molecule has 5 saturated heterocycles. The number of rotatable bonds is 1. The van der Waals surface area contributed by atoms with Crippen LogP contribution in [-0.4, -0.2) is 68.2 Å². The highest BCUT2D eigenvalue weighted by atomic mass is 32.2. The van der Waals surface area contributed by atoms with Crippen LogP contribution in [0, 0.1) is 23.7 Å². The Hall–Kier alpha value is -0.250. The number of hydrogen-bond donors (Lipinski definition) is 0. The summed E-state index contributed by atoms with van der Waals surface area (Å²) in [7, 11) is -2.92. The van der Waals surface area contributed by atoms with E-state index in [-0.39, 0.29) is 29.6 Å². The van der Waals surface area contributed by atoms with E-state index < -0.39 is 27.3 Å². The summed E-state index contributed by atoms with van der Waals surface area (Å²) in [6.07, 6.45) is 2.58. The van der Waals surface area contributed by atoms with Gasteiger partial charge < -0.3 is 9.47 Å². The van der Waals surface area contributed by atoms with E-state index in [1.807, 2.05) is 0 Å². The zero-order chi connectivity index (χ0) is 19.0. The lowest BCUT2D eigenvalue weighted by atomic mass is 9.57. The largest absolute Gasteiger partial charge is 0.346 e.